The molecule has 1 aliphatic heterocycles. The van der Waals surface area contributed by atoms with Gasteiger partial charge in [0.05, 0.1) is 0 Å². The Labute approximate surface area is 84.2 Å². The van der Waals surface area contributed by atoms with Gasteiger partial charge in [-0.15, -0.1) is 0 Å². The van der Waals surface area contributed by atoms with Crippen molar-refractivity contribution in [1.29, 1.82) is 0 Å². The minimum absolute atomic E-state index is 0.112. The Morgan fingerprint density at radius 1 is 1.36 bits per heavy atom. The van der Waals surface area contributed by atoms with Gasteiger partial charge in [0, 0.05) is 19.4 Å². The molecule has 0 aromatic rings. The molecule has 1 atom stereocenters. The molecule has 1 fully saturated rings. The Morgan fingerprint density at radius 3 is 2.43 bits per heavy atom. The summed E-state index contributed by atoms with van der Waals surface area (Å²) in [5.74, 6) is -0.224. The molecule has 0 aliphatic carbocycles. The van der Waals surface area contributed by atoms with Crippen LogP contribution < -0.4 is 0 Å². The van der Waals surface area contributed by atoms with Crippen LogP contribution in [-0.2, 0) is 14.3 Å². The van der Waals surface area contributed by atoms with E-state index < -0.39 is 6.23 Å². The highest BCUT2D eigenvalue weighted by Crippen LogP contribution is 2.15. The molecule has 0 aromatic heterocycles. The Hall–Kier alpha value is -0.900. The lowest BCUT2D eigenvalue weighted by molar-refractivity contribution is -0.152. The van der Waals surface area contributed by atoms with Gasteiger partial charge in [-0.25, -0.2) is 0 Å². The van der Waals surface area contributed by atoms with Crippen LogP contribution in [0.1, 0.15) is 39.5 Å². The number of hydrogen-bond donors (Lipinski definition) is 0. The van der Waals surface area contributed by atoms with Crippen molar-refractivity contribution in [2.24, 2.45) is 0 Å². The number of rotatable bonds is 5. The van der Waals surface area contributed by atoms with E-state index in [2.05, 4.69) is 6.92 Å². The minimum Gasteiger partial charge on any atom is -0.358 e. The van der Waals surface area contributed by atoms with Gasteiger partial charge in [-0.1, -0.05) is 13.3 Å². The van der Waals surface area contributed by atoms with E-state index in [4.69, 9.17) is 4.74 Å². The lowest BCUT2D eigenvalue weighted by atomic mass is 10.4. The Kier molecular flexibility index (Phi) is 4.07. The summed E-state index contributed by atoms with van der Waals surface area (Å²) in [5, 5.41) is 0. The molecule has 4 heteroatoms. The topological polar surface area (TPSA) is 46.6 Å². The molecular weight excluding hydrogens is 182 g/mol. The third-order valence-electron chi connectivity index (χ3n) is 2.31. The molecule has 1 heterocycles. The van der Waals surface area contributed by atoms with E-state index in [1.165, 1.54) is 4.90 Å². The summed E-state index contributed by atoms with van der Waals surface area (Å²) in [7, 11) is 0. The molecule has 0 spiro atoms. The first-order valence-corrected chi connectivity index (χ1v) is 5.13. The van der Waals surface area contributed by atoms with Gasteiger partial charge in [0.25, 0.3) is 0 Å². The van der Waals surface area contributed by atoms with Crippen molar-refractivity contribution < 1.29 is 14.3 Å². The maximum atomic E-state index is 11.3. The van der Waals surface area contributed by atoms with Gasteiger partial charge in [-0.2, -0.15) is 0 Å². The normalized spacial score (nSPS) is 19.1. The van der Waals surface area contributed by atoms with Crippen LogP contribution in [-0.4, -0.2) is 29.5 Å². The molecule has 1 saturated heterocycles. The van der Waals surface area contributed by atoms with Crippen LogP contribution in [0.25, 0.3) is 0 Å². The van der Waals surface area contributed by atoms with Crippen molar-refractivity contribution in [3.8, 4) is 0 Å². The Morgan fingerprint density at radius 2 is 1.93 bits per heavy atom. The summed E-state index contributed by atoms with van der Waals surface area (Å²) >= 11 is 0. The molecule has 0 bridgehead atoms. The number of hydrogen-bond acceptors (Lipinski definition) is 3. The highest BCUT2D eigenvalue weighted by molar-refractivity contribution is 6.02. The van der Waals surface area contributed by atoms with E-state index in [0.717, 1.165) is 12.8 Å². The number of nitrogens with zero attached hydrogens (tertiary/aromatic N) is 1. The van der Waals surface area contributed by atoms with Gasteiger partial charge in [-0.05, 0) is 13.3 Å². The fourth-order valence-corrected chi connectivity index (χ4v) is 1.47. The molecule has 14 heavy (non-hydrogen) atoms. The van der Waals surface area contributed by atoms with E-state index in [1.807, 2.05) is 0 Å². The Balaban J connectivity index is 2.39. The van der Waals surface area contributed by atoms with Crippen LogP contribution >= 0.6 is 0 Å². The van der Waals surface area contributed by atoms with Crippen molar-refractivity contribution in [3.63, 3.8) is 0 Å². The van der Waals surface area contributed by atoms with Gasteiger partial charge in [0.2, 0.25) is 11.8 Å². The summed E-state index contributed by atoms with van der Waals surface area (Å²) in [5.41, 5.74) is 0. The highest BCUT2D eigenvalue weighted by Gasteiger charge is 2.33. The summed E-state index contributed by atoms with van der Waals surface area (Å²) < 4.78 is 5.39. The molecule has 0 N–H and O–H groups in total. The zero-order valence-corrected chi connectivity index (χ0v) is 8.78. The van der Waals surface area contributed by atoms with Crippen LogP contribution in [0.15, 0.2) is 0 Å². The van der Waals surface area contributed by atoms with Crippen molar-refractivity contribution >= 4 is 11.8 Å². The number of carbonyl (C=O) groups excluding carboxylic acids is 2. The average Bonchev–Trinajstić information content (AvgIpc) is 2.46. The zero-order valence-electron chi connectivity index (χ0n) is 8.78. The first-order chi connectivity index (χ1) is 6.66. The lowest BCUT2D eigenvalue weighted by Gasteiger charge is -2.22. The number of likely N-dealkylation sites (tertiary alicyclic amines) is 1. The molecule has 1 unspecified atom stereocenters. The van der Waals surface area contributed by atoms with Gasteiger partial charge < -0.3 is 4.74 Å². The van der Waals surface area contributed by atoms with Crippen LogP contribution in [0.4, 0.5) is 0 Å². The monoisotopic (exact) mass is 199 g/mol. The van der Waals surface area contributed by atoms with E-state index in [1.54, 1.807) is 6.92 Å². The molecule has 2 amide bonds. The van der Waals surface area contributed by atoms with Gasteiger partial charge >= 0.3 is 0 Å². The average molecular weight is 199 g/mol. The Bertz CT molecular complexity index is 211. The van der Waals surface area contributed by atoms with Gasteiger partial charge in [0.15, 0.2) is 0 Å². The van der Waals surface area contributed by atoms with E-state index in [0.29, 0.717) is 19.4 Å². The summed E-state index contributed by atoms with van der Waals surface area (Å²) in [6.07, 6.45) is 2.28. The molecule has 1 rings (SSSR count). The number of imide groups is 1. The van der Waals surface area contributed by atoms with Gasteiger partial charge in [0.1, 0.15) is 6.23 Å². The fourth-order valence-electron chi connectivity index (χ4n) is 1.47. The number of amides is 2. The lowest BCUT2D eigenvalue weighted by Crippen LogP contribution is -2.39. The highest BCUT2D eigenvalue weighted by atomic mass is 16.5. The molecule has 4 nitrogen and oxygen atoms in total. The largest absolute Gasteiger partial charge is 0.358 e. The van der Waals surface area contributed by atoms with Crippen LogP contribution in [0.5, 0.6) is 0 Å². The third-order valence-corrected chi connectivity index (χ3v) is 2.31. The van der Waals surface area contributed by atoms with Crippen molar-refractivity contribution in [2.75, 3.05) is 6.61 Å². The van der Waals surface area contributed by atoms with Crippen molar-refractivity contribution in [2.45, 2.75) is 45.8 Å². The molecule has 0 radical (unpaired) electrons. The molecular formula is C10H17NO3. The summed E-state index contributed by atoms with van der Waals surface area (Å²) in [6, 6.07) is 0. The van der Waals surface area contributed by atoms with Gasteiger partial charge in [-0.3, -0.25) is 14.5 Å². The standard InChI is InChI=1S/C10H17NO3/c1-3-4-7-14-8(2)11-9(12)5-6-10(11)13/h8H,3-7H2,1-2H3. The predicted octanol–water partition coefficient (Wildman–Crippen LogP) is 1.30. The quantitative estimate of drug-likeness (QED) is 0.495. The maximum absolute atomic E-state index is 11.3. The smallest absolute Gasteiger partial charge is 0.231 e. The van der Waals surface area contributed by atoms with E-state index >= 15 is 0 Å². The molecule has 0 saturated carbocycles. The predicted molar refractivity (Wildman–Crippen MR) is 51.4 cm³/mol. The molecule has 80 valence electrons. The van der Waals surface area contributed by atoms with Crippen LogP contribution in [0.2, 0.25) is 0 Å². The molecule has 1 aliphatic rings. The third kappa shape index (κ3) is 2.54. The number of ether oxygens (including phenoxy) is 1. The van der Waals surface area contributed by atoms with E-state index in [-0.39, 0.29) is 11.8 Å². The van der Waals surface area contributed by atoms with Crippen molar-refractivity contribution in [3.05, 3.63) is 0 Å². The molecule has 0 aromatic carbocycles. The van der Waals surface area contributed by atoms with Crippen molar-refractivity contribution in [1.82, 2.24) is 4.90 Å². The second kappa shape index (κ2) is 5.10. The minimum atomic E-state index is -0.399. The summed E-state index contributed by atoms with van der Waals surface area (Å²) in [6.45, 7) is 4.42. The second-order valence-corrected chi connectivity index (χ2v) is 3.48. The zero-order chi connectivity index (χ0) is 10.6. The number of unbranched alkanes of at least 4 members (excludes halogenated alkanes) is 1. The number of carbonyl (C=O) groups is 2. The summed E-state index contributed by atoms with van der Waals surface area (Å²) in [4.78, 5) is 23.8. The SMILES string of the molecule is CCCCOC(C)N1C(=O)CCC1=O. The van der Waals surface area contributed by atoms with Crippen LogP contribution in [0, 0.1) is 0 Å². The second-order valence-electron chi connectivity index (χ2n) is 3.48. The maximum Gasteiger partial charge on any atom is 0.231 e. The van der Waals surface area contributed by atoms with Crippen LogP contribution in [0.3, 0.4) is 0 Å². The first-order valence-electron chi connectivity index (χ1n) is 5.13. The van der Waals surface area contributed by atoms with E-state index in [9.17, 15) is 9.59 Å². The fraction of sp³-hybridized carbons (Fsp3) is 0.800. The first kappa shape index (κ1) is 11.2.